The second-order valence-corrected chi connectivity index (χ2v) is 5.37. The van der Waals surface area contributed by atoms with Crippen molar-refractivity contribution in [1.82, 2.24) is 10.6 Å². The molecule has 3 atom stereocenters. The van der Waals surface area contributed by atoms with Crippen LogP contribution in [-0.4, -0.2) is 38.4 Å². The van der Waals surface area contributed by atoms with E-state index in [1.54, 1.807) is 0 Å². The Bertz CT molecular complexity index is 192. The predicted molar refractivity (Wildman–Crippen MR) is 66.6 cm³/mol. The number of hydrogen-bond donors (Lipinski definition) is 2. The molecule has 2 heterocycles. The molecule has 2 saturated heterocycles. The molecule has 0 saturated carbocycles. The lowest BCUT2D eigenvalue weighted by Gasteiger charge is -2.28. The number of nitrogens with one attached hydrogen (secondary N) is 2. The van der Waals surface area contributed by atoms with Crippen LogP contribution < -0.4 is 10.6 Å². The normalized spacial score (nSPS) is 35.4. The Balaban J connectivity index is 1.50. The molecular formula is C13H26N2O. The van der Waals surface area contributed by atoms with Crippen LogP contribution in [0.15, 0.2) is 0 Å². The fraction of sp³-hybridized carbons (Fsp3) is 1.00. The first-order valence-corrected chi connectivity index (χ1v) is 6.90. The molecule has 3 heteroatoms. The summed E-state index contributed by atoms with van der Waals surface area (Å²) in [6, 6.07) is 0.707. The summed E-state index contributed by atoms with van der Waals surface area (Å²) in [5, 5.41) is 7.09. The highest BCUT2D eigenvalue weighted by Gasteiger charge is 2.18. The van der Waals surface area contributed by atoms with Crippen LogP contribution in [0.25, 0.3) is 0 Å². The van der Waals surface area contributed by atoms with E-state index in [0.29, 0.717) is 12.1 Å². The van der Waals surface area contributed by atoms with Crippen LogP contribution in [0.3, 0.4) is 0 Å². The van der Waals surface area contributed by atoms with Crippen molar-refractivity contribution < 1.29 is 4.74 Å². The van der Waals surface area contributed by atoms with E-state index >= 15 is 0 Å². The third-order valence-corrected chi connectivity index (χ3v) is 3.83. The lowest BCUT2D eigenvalue weighted by molar-refractivity contribution is 0.104. The summed E-state index contributed by atoms with van der Waals surface area (Å²) >= 11 is 0. The van der Waals surface area contributed by atoms with Gasteiger partial charge in [0.2, 0.25) is 0 Å². The number of rotatable bonds is 5. The van der Waals surface area contributed by atoms with Gasteiger partial charge in [-0.2, -0.15) is 0 Å². The zero-order valence-electron chi connectivity index (χ0n) is 10.5. The zero-order valence-corrected chi connectivity index (χ0v) is 10.5. The molecule has 0 aromatic carbocycles. The second kappa shape index (κ2) is 6.58. The van der Waals surface area contributed by atoms with E-state index in [9.17, 15) is 0 Å². The van der Waals surface area contributed by atoms with E-state index < -0.39 is 0 Å². The van der Waals surface area contributed by atoms with Crippen molar-refractivity contribution in [3.8, 4) is 0 Å². The van der Waals surface area contributed by atoms with Gasteiger partial charge in [0.25, 0.3) is 0 Å². The van der Waals surface area contributed by atoms with Crippen molar-refractivity contribution in [2.75, 3.05) is 26.2 Å². The maximum Gasteiger partial charge on any atom is 0.0588 e. The minimum absolute atomic E-state index is 0.541. The van der Waals surface area contributed by atoms with E-state index in [1.807, 2.05) is 0 Å². The summed E-state index contributed by atoms with van der Waals surface area (Å²) < 4.78 is 5.61. The zero-order chi connectivity index (χ0) is 11.2. The Morgan fingerprint density at radius 1 is 1.38 bits per heavy atom. The van der Waals surface area contributed by atoms with Gasteiger partial charge in [0.1, 0.15) is 0 Å². The fourth-order valence-electron chi connectivity index (χ4n) is 2.86. The summed E-state index contributed by atoms with van der Waals surface area (Å²) in [5.74, 6) is 0.876. The average Bonchev–Trinajstić information content (AvgIpc) is 2.77. The first-order chi connectivity index (χ1) is 7.84. The van der Waals surface area contributed by atoms with Crippen LogP contribution in [-0.2, 0) is 4.74 Å². The molecule has 2 aliphatic rings. The molecule has 0 aromatic heterocycles. The quantitative estimate of drug-likeness (QED) is 0.698. The van der Waals surface area contributed by atoms with Crippen molar-refractivity contribution in [2.24, 2.45) is 5.92 Å². The van der Waals surface area contributed by atoms with Crippen LogP contribution in [0, 0.1) is 5.92 Å². The number of hydrogen-bond acceptors (Lipinski definition) is 3. The molecule has 94 valence electrons. The molecule has 0 amide bonds. The molecule has 2 aliphatic heterocycles. The van der Waals surface area contributed by atoms with Crippen molar-refractivity contribution in [3.05, 3.63) is 0 Å². The Morgan fingerprint density at radius 2 is 2.31 bits per heavy atom. The van der Waals surface area contributed by atoms with Gasteiger partial charge in [-0.3, -0.25) is 0 Å². The van der Waals surface area contributed by atoms with Crippen LogP contribution >= 0.6 is 0 Å². The maximum atomic E-state index is 5.61. The topological polar surface area (TPSA) is 33.3 Å². The van der Waals surface area contributed by atoms with E-state index in [1.165, 1.54) is 45.2 Å². The Kier molecular flexibility index (Phi) is 5.07. The molecule has 3 unspecified atom stereocenters. The van der Waals surface area contributed by atoms with E-state index in [2.05, 4.69) is 17.6 Å². The molecule has 3 nitrogen and oxygen atoms in total. The van der Waals surface area contributed by atoms with Gasteiger partial charge in [-0.1, -0.05) is 0 Å². The Morgan fingerprint density at radius 3 is 3.06 bits per heavy atom. The van der Waals surface area contributed by atoms with Gasteiger partial charge in [0.15, 0.2) is 0 Å². The SMILES string of the molecule is CC1CC(CNCCC2CCCO2)CCN1. The number of piperidine rings is 1. The molecule has 2 N–H and O–H groups in total. The average molecular weight is 226 g/mol. The third kappa shape index (κ3) is 4.04. The van der Waals surface area contributed by atoms with Gasteiger partial charge in [-0.15, -0.1) is 0 Å². The predicted octanol–water partition coefficient (Wildman–Crippen LogP) is 1.53. The van der Waals surface area contributed by atoms with Gasteiger partial charge in [0, 0.05) is 12.6 Å². The first kappa shape index (κ1) is 12.3. The molecule has 2 rings (SSSR count). The second-order valence-electron chi connectivity index (χ2n) is 5.37. The minimum atomic E-state index is 0.541. The smallest absolute Gasteiger partial charge is 0.0588 e. The Labute approximate surface area is 99.3 Å². The molecule has 16 heavy (non-hydrogen) atoms. The molecular weight excluding hydrogens is 200 g/mol. The fourth-order valence-corrected chi connectivity index (χ4v) is 2.86. The highest BCUT2D eigenvalue weighted by molar-refractivity contribution is 4.76. The first-order valence-electron chi connectivity index (χ1n) is 6.90. The number of ether oxygens (including phenoxy) is 1. The summed E-state index contributed by atoms with van der Waals surface area (Å²) in [5.41, 5.74) is 0. The maximum absolute atomic E-state index is 5.61. The van der Waals surface area contributed by atoms with E-state index in [0.717, 1.165) is 19.1 Å². The summed E-state index contributed by atoms with van der Waals surface area (Å²) in [6.45, 7) is 6.79. The third-order valence-electron chi connectivity index (χ3n) is 3.83. The van der Waals surface area contributed by atoms with Gasteiger partial charge < -0.3 is 15.4 Å². The summed E-state index contributed by atoms with van der Waals surface area (Å²) in [6.07, 6.45) is 6.92. The minimum Gasteiger partial charge on any atom is -0.378 e. The largest absolute Gasteiger partial charge is 0.378 e. The molecule has 0 aromatic rings. The van der Waals surface area contributed by atoms with Crippen LogP contribution in [0.4, 0.5) is 0 Å². The lowest BCUT2D eigenvalue weighted by Crippen LogP contribution is -2.39. The van der Waals surface area contributed by atoms with E-state index in [-0.39, 0.29) is 0 Å². The van der Waals surface area contributed by atoms with Crippen molar-refractivity contribution in [2.45, 2.75) is 51.2 Å². The monoisotopic (exact) mass is 226 g/mol. The summed E-state index contributed by atoms with van der Waals surface area (Å²) in [7, 11) is 0. The standard InChI is InChI=1S/C13H26N2O/c1-11-9-12(4-7-15-11)10-14-6-5-13-3-2-8-16-13/h11-15H,2-10H2,1H3. The van der Waals surface area contributed by atoms with Gasteiger partial charge in [-0.25, -0.2) is 0 Å². The summed E-state index contributed by atoms with van der Waals surface area (Å²) in [4.78, 5) is 0. The van der Waals surface area contributed by atoms with Gasteiger partial charge >= 0.3 is 0 Å². The van der Waals surface area contributed by atoms with Crippen molar-refractivity contribution in [1.29, 1.82) is 0 Å². The van der Waals surface area contributed by atoms with Crippen LogP contribution in [0.1, 0.15) is 39.0 Å². The molecule has 0 bridgehead atoms. The van der Waals surface area contributed by atoms with Crippen molar-refractivity contribution >= 4 is 0 Å². The highest BCUT2D eigenvalue weighted by atomic mass is 16.5. The van der Waals surface area contributed by atoms with Gasteiger partial charge in [0.05, 0.1) is 6.10 Å². The lowest BCUT2D eigenvalue weighted by atomic mass is 9.93. The van der Waals surface area contributed by atoms with Crippen LogP contribution in [0.5, 0.6) is 0 Å². The molecule has 0 radical (unpaired) electrons. The Hall–Kier alpha value is -0.120. The molecule has 0 aliphatic carbocycles. The highest BCUT2D eigenvalue weighted by Crippen LogP contribution is 2.16. The van der Waals surface area contributed by atoms with E-state index in [4.69, 9.17) is 4.74 Å². The van der Waals surface area contributed by atoms with Gasteiger partial charge in [-0.05, 0) is 64.6 Å². The van der Waals surface area contributed by atoms with Crippen molar-refractivity contribution in [3.63, 3.8) is 0 Å². The molecule has 0 spiro atoms. The van der Waals surface area contributed by atoms with Crippen LogP contribution in [0.2, 0.25) is 0 Å². The molecule has 2 fully saturated rings.